The second kappa shape index (κ2) is 10.6. The molecule has 25 heavy (non-hydrogen) atoms. The number of hydrogen-bond acceptors (Lipinski definition) is 7. The lowest BCUT2D eigenvalue weighted by molar-refractivity contribution is -0.0260. The number of unbranched alkanes of at least 4 members (excludes halogenated alkanes) is 1. The average Bonchev–Trinajstić information content (AvgIpc) is 2.98. The molecule has 0 aromatic carbocycles. The fourth-order valence-corrected chi connectivity index (χ4v) is 3.07. The standard InChI is InChI=1S/C13H21N2O8P.Mg/c16-7-1-2-8-21-24(19,20)22-9-10-3-4-12(23-10)15-6-5-11(17)14-13(15)18;/h5-6,10,12,16H,1-4,7-9H2,(H,19,20)(H,14,17,18);/t10-,12-;/m1./s1. The average molecular weight is 389 g/mol. The molecule has 0 aliphatic carbocycles. The zero-order valence-electron chi connectivity index (χ0n) is 13.7. The molecule has 3 N–H and O–H groups in total. The summed E-state index contributed by atoms with van der Waals surface area (Å²) in [4.78, 5) is 34.4. The van der Waals surface area contributed by atoms with Crippen molar-refractivity contribution in [2.45, 2.75) is 38.0 Å². The molecule has 1 fully saturated rings. The number of aliphatic hydroxyl groups excluding tert-OH is 1. The van der Waals surface area contributed by atoms with Crippen LogP contribution >= 0.6 is 7.82 Å². The van der Waals surface area contributed by atoms with E-state index in [0.717, 1.165) is 0 Å². The maximum Gasteiger partial charge on any atom is 0.472 e. The molecule has 0 saturated carbocycles. The first-order chi connectivity index (χ1) is 11.4. The van der Waals surface area contributed by atoms with Gasteiger partial charge in [-0.15, -0.1) is 0 Å². The first kappa shape index (κ1) is 22.5. The quantitative estimate of drug-likeness (QED) is 0.298. The van der Waals surface area contributed by atoms with Gasteiger partial charge in [-0.2, -0.15) is 0 Å². The Morgan fingerprint density at radius 3 is 2.76 bits per heavy atom. The number of aliphatic hydroxyl groups is 1. The minimum Gasteiger partial charge on any atom is -0.396 e. The molecule has 0 amide bonds. The fourth-order valence-electron chi connectivity index (χ4n) is 2.28. The number of ether oxygens (including phenoxy) is 1. The van der Waals surface area contributed by atoms with Crippen LogP contribution in [0.3, 0.4) is 0 Å². The van der Waals surface area contributed by atoms with Crippen LogP contribution in [0.1, 0.15) is 31.9 Å². The Kier molecular flexibility index (Phi) is 9.53. The van der Waals surface area contributed by atoms with Crippen LogP contribution < -0.4 is 11.2 Å². The molecule has 1 aromatic rings. The van der Waals surface area contributed by atoms with Crippen molar-refractivity contribution in [3.63, 3.8) is 0 Å². The van der Waals surface area contributed by atoms with Gasteiger partial charge < -0.3 is 14.7 Å². The maximum atomic E-state index is 11.7. The number of H-pyrrole nitrogens is 1. The van der Waals surface area contributed by atoms with Crippen molar-refractivity contribution in [3.8, 4) is 0 Å². The molecular weight excluding hydrogens is 367 g/mol. The lowest BCUT2D eigenvalue weighted by Gasteiger charge is -2.17. The summed E-state index contributed by atoms with van der Waals surface area (Å²) in [6.07, 6.45) is 2.27. The number of hydrogen-bond donors (Lipinski definition) is 3. The highest BCUT2D eigenvalue weighted by Crippen LogP contribution is 2.44. The topological polar surface area (TPSA) is 140 Å². The van der Waals surface area contributed by atoms with Gasteiger partial charge in [0.05, 0.1) is 19.3 Å². The molecule has 0 bridgehead atoms. The molecule has 0 spiro atoms. The summed E-state index contributed by atoms with van der Waals surface area (Å²) in [5.41, 5.74) is -1.07. The van der Waals surface area contributed by atoms with Crippen LogP contribution in [-0.2, 0) is 18.3 Å². The smallest absolute Gasteiger partial charge is 0.396 e. The minimum atomic E-state index is -4.17. The van der Waals surface area contributed by atoms with E-state index in [1.807, 2.05) is 0 Å². The van der Waals surface area contributed by atoms with Gasteiger partial charge in [-0.1, -0.05) is 0 Å². The number of nitrogens with zero attached hydrogens (tertiary/aromatic N) is 1. The van der Waals surface area contributed by atoms with Gasteiger partial charge in [0, 0.05) is 41.9 Å². The number of aromatic nitrogens is 2. The molecule has 10 nitrogen and oxygen atoms in total. The first-order valence-electron chi connectivity index (χ1n) is 7.61. The Balaban J connectivity index is 0.00000312. The molecule has 1 unspecified atom stereocenters. The van der Waals surface area contributed by atoms with Gasteiger partial charge in [-0.25, -0.2) is 9.36 Å². The third kappa shape index (κ3) is 7.31. The predicted octanol–water partition coefficient (Wildman–Crippen LogP) is -0.261. The zero-order chi connectivity index (χ0) is 17.6. The van der Waals surface area contributed by atoms with Gasteiger partial charge in [-0.3, -0.25) is 23.4 Å². The van der Waals surface area contributed by atoms with Crippen LogP contribution in [0.25, 0.3) is 0 Å². The summed E-state index contributed by atoms with van der Waals surface area (Å²) in [5.74, 6) is 0. The Labute approximate surface area is 159 Å². The maximum absolute atomic E-state index is 11.7. The SMILES string of the molecule is O=c1ccn([C@H]2CC[C@H](COP(=O)(O)OCCCCO)O2)c(=O)[nH]1.[Mg]. The van der Waals surface area contributed by atoms with Gasteiger partial charge in [0.15, 0.2) is 0 Å². The van der Waals surface area contributed by atoms with E-state index < -0.39 is 31.4 Å². The second-order valence-electron chi connectivity index (χ2n) is 5.34. The van der Waals surface area contributed by atoms with Crippen LogP contribution in [-0.4, -0.2) is 68.5 Å². The van der Waals surface area contributed by atoms with E-state index in [1.54, 1.807) is 0 Å². The minimum absolute atomic E-state index is 0. The number of phosphoric acid groups is 1. The molecule has 138 valence electrons. The van der Waals surface area contributed by atoms with E-state index in [2.05, 4.69) is 4.98 Å². The molecule has 1 aliphatic heterocycles. The second-order valence-corrected chi connectivity index (χ2v) is 6.79. The van der Waals surface area contributed by atoms with Crippen molar-refractivity contribution >= 4 is 30.9 Å². The highest BCUT2D eigenvalue weighted by atomic mass is 31.2. The van der Waals surface area contributed by atoms with Crippen LogP contribution in [0.5, 0.6) is 0 Å². The van der Waals surface area contributed by atoms with E-state index >= 15 is 0 Å². The molecular formula is C13H21MgN2O8P. The van der Waals surface area contributed by atoms with Crippen LogP contribution in [0.15, 0.2) is 21.9 Å². The van der Waals surface area contributed by atoms with E-state index in [0.29, 0.717) is 25.7 Å². The lowest BCUT2D eigenvalue weighted by Crippen LogP contribution is -2.31. The number of rotatable bonds is 9. The molecule has 1 aromatic heterocycles. The highest BCUT2D eigenvalue weighted by molar-refractivity contribution is 7.47. The van der Waals surface area contributed by atoms with Crippen LogP contribution in [0, 0.1) is 0 Å². The van der Waals surface area contributed by atoms with E-state index in [1.165, 1.54) is 16.8 Å². The number of aromatic amines is 1. The van der Waals surface area contributed by atoms with Crippen molar-refractivity contribution in [1.29, 1.82) is 0 Å². The molecule has 1 saturated heterocycles. The predicted molar refractivity (Wildman–Crippen MR) is 88.3 cm³/mol. The van der Waals surface area contributed by atoms with Crippen LogP contribution in [0.2, 0.25) is 0 Å². The van der Waals surface area contributed by atoms with Crippen molar-refractivity contribution in [1.82, 2.24) is 9.55 Å². The van der Waals surface area contributed by atoms with Crippen molar-refractivity contribution in [2.24, 2.45) is 0 Å². The Morgan fingerprint density at radius 1 is 1.32 bits per heavy atom. The monoisotopic (exact) mass is 388 g/mol. The van der Waals surface area contributed by atoms with Gasteiger partial charge >= 0.3 is 13.5 Å². The van der Waals surface area contributed by atoms with Gasteiger partial charge in [0.2, 0.25) is 0 Å². The highest BCUT2D eigenvalue weighted by Gasteiger charge is 2.30. The zero-order valence-corrected chi connectivity index (χ0v) is 16.0. The molecule has 2 rings (SSSR count). The molecule has 3 atom stereocenters. The number of phosphoric ester groups is 1. The summed E-state index contributed by atoms with van der Waals surface area (Å²) in [7, 11) is -4.17. The van der Waals surface area contributed by atoms with Gasteiger partial charge in [0.25, 0.3) is 5.56 Å². The fraction of sp³-hybridized carbons (Fsp3) is 0.692. The van der Waals surface area contributed by atoms with E-state index in [-0.39, 0.29) is 42.9 Å². The third-order valence-corrected chi connectivity index (χ3v) is 4.46. The summed E-state index contributed by atoms with van der Waals surface area (Å²) >= 11 is 0. The van der Waals surface area contributed by atoms with Crippen LogP contribution in [0.4, 0.5) is 0 Å². The summed E-state index contributed by atoms with van der Waals surface area (Å²) in [6.45, 7) is -0.154. The van der Waals surface area contributed by atoms with E-state index in [9.17, 15) is 19.0 Å². The largest absolute Gasteiger partial charge is 0.472 e. The van der Waals surface area contributed by atoms with Crippen molar-refractivity contribution < 1.29 is 28.3 Å². The van der Waals surface area contributed by atoms with Crippen molar-refractivity contribution in [3.05, 3.63) is 33.1 Å². The summed E-state index contributed by atoms with van der Waals surface area (Å²) in [6, 6.07) is 1.22. The Hall–Kier alpha value is -0.524. The summed E-state index contributed by atoms with van der Waals surface area (Å²) < 4.78 is 28.2. The third-order valence-electron chi connectivity index (χ3n) is 3.48. The normalized spacial score (nSPS) is 22.3. The molecule has 2 radical (unpaired) electrons. The molecule has 1 aliphatic rings. The summed E-state index contributed by atoms with van der Waals surface area (Å²) in [5, 5.41) is 8.62. The van der Waals surface area contributed by atoms with Gasteiger partial charge in [-0.05, 0) is 25.7 Å². The Bertz CT molecular complexity index is 693. The Morgan fingerprint density at radius 2 is 2.08 bits per heavy atom. The lowest BCUT2D eigenvalue weighted by atomic mass is 10.2. The van der Waals surface area contributed by atoms with Crippen molar-refractivity contribution in [2.75, 3.05) is 19.8 Å². The first-order valence-corrected chi connectivity index (χ1v) is 9.10. The molecule has 2 heterocycles. The van der Waals surface area contributed by atoms with E-state index in [4.69, 9.17) is 18.9 Å². The van der Waals surface area contributed by atoms with Gasteiger partial charge in [0.1, 0.15) is 6.23 Å². The number of nitrogens with one attached hydrogen (secondary N) is 1. The molecule has 12 heteroatoms.